The molecule has 0 N–H and O–H groups in total. The fourth-order valence-corrected chi connectivity index (χ4v) is 6.92. The molecule has 0 spiro atoms. The molecule has 2 aromatic heterocycles. The highest BCUT2D eigenvalue weighted by Gasteiger charge is 2.24. The van der Waals surface area contributed by atoms with Gasteiger partial charge >= 0.3 is 0 Å². The van der Waals surface area contributed by atoms with Gasteiger partial charge in [0.2, 0.25) is 10.3 Å². The van der Waals surface area contributed by atoms with E-state index < -0.39 is 25.9 Å². The molecule has 158 valence electrons. The Labute approximate surface area is 187 Å². The lowest BCUT2D eigenvalue weighted by atomic mass is 10.1. The van der Waals surface area contributed by atoms with Gasteiger partial charge in [-0.25, -0.2) is 17.8 Å². The summed E-state index contributed by atoms with van der Waals surface area (Å²) in [6.45, 7) is 0. The highest BCUT2D eigenvalue weighted by Crippen LogP contribution is 2.40. The molecule has 5 nitrogen and oxygen atoms in total. The first-order valence-electron chi connectivity index (χ1n) is 8.82. The molecule has 0 fully saturated rings. The Morgan fingerprint density at radius 1 is 1.00 bits per heavy atom. The summed E-state index contributed by atoms with van der Waals surface area (Å²) in [5, 5.41) is 1.99. The quantitative estimate of drug-likeness (QED) is 0.303. The topological polar surface area (TPSA) is 81.2 Å². The van der Waals surface area contributed by atoms with Gasteiger partial charge in [-0.3, -0.25) is 0 Å². The third kappa shape index (κ3) is 4.38. The SMILES string of the molecule is CS(=O)(=O)c1ccccc1-c1sc(C(c2cccs2)=S(=O)=O)nc1-c1ccc(F)cc1. The zero-order valence-electron chi connectivity index (χ0n) is 15.9. The van der Waals surface area contributed by atoms with Crippen LogP contribution in [0.4, 0.5) is 4.39 Å². The van der Waals surface area contributed by atoms with Crippen LogP contribution >= 0.6 is 22.7 Å². The third-order valence-corrected chi connectivity index (χ3v) is 8.54. The van der Waals surface area contributed by atoms with Gasteiger partial charge in [0.1, 0.15) is 15.7 Å². The number of sulfone groups is 1. The summed E-state index contributed by atoms with van der Waals surface area (Å²) < 4.78 is 62.4. The van der Waals surface area contributed by atoms with Gasteiger partial charge in [0.05, 0.1) is 20.3 Å². The van der Waals surface area contributed by atoms with Gasteiger partial charge in [0.15, 0.2) is 9.84 Å². The van der Waals surface area contributed by atoms with Crippen LogP contribution in [0.15, 0.2) is 70.9 Å². The molecule has 0 unspecified atom stereocenters. The first kappa shape index (κ1) is 21.6. The molecular formula is C21H14FNO4S4. The van der Waals surface area contributed by atoms with Crippen molar-refractivity contribution in [2.24, 2.45) is 0 Å². The van der Waals surface area contributed by atoms with Crippen LogP contribution in [0.25, 0.3) is 21.7 Å². The molecule has 0 radical (unpaired) electrons. The maximum atomic E-state index is 13.5. The van der Waals surface area contributed by atoms with Crippen molar-refractivity contribution in [1.29, 1.82) is 0 Å². The van der Waals surface area contributed by atoms with Crippen molar-refractivity contribution < 1.29 is 21.2 Å². The van der Waals surface area contributed by atoms with Crippen molar-refractivity contribution in [1.82, 2.24) is 4.98 Å². The highest BCUT2D eigenvalue weighted by atomic mass is 32.2. The minimum absolute atomic E-state index is 0.0337. The van der Waals surface area contributed by atoms with Crippen LogP contribution in [0.1, 0.15) is 9.88 Å². The predicted octanol–water partition coefficient (Wildman–Crippen LogP) is 4.53. The number of hydrogen-bond acceptors (Lipinski definition) is 7. The maximum absolute atomic E-state index is 13.5. The second kappa shape index (κ2) is 8.46. The Kier molecular flexibility index (Phi) is 5.89. The smallest absolute Gasteiger partial charge is 0.225 e. The normalized spacial score (nSPS) is 11.4. The van der Waals surface area contributed by atoms with Crippen LogP contribution in [0.5, 0.6) is 0 Å². The molecule has 0 aliphatic carbocycles. The van der Waals surface area contributed by atoms with Crippen LogP contribution in [0, 0.1) is 5.82 Å². The van der Waals surface area contributed by atoms with E-state index in [0.717, 1.165) is 17.6 Å². The van der Waals surface area contributed by atoms with Crippen LogP contribution in [0.2, 0.25) is 0 Å². The van der Waals surface area contributed by atoms with E-state index in [9.17, 15) is 21.2 Å². The minimum Gasteiger partial charge on any atom is -0.234 e. The number of thiazole rings is 1. The molecule has 0 amide bonds. The van der Waals surface area contributed by atoms with Crippen molar-refractivity contribution >= 4 is 47.7 Å². The summed E-state index contributed by atoms with van der Waals surface area (Å²) in [5.74, 6) is -0.427. The van der Waals surface area contributed by atoms with Crippen LogP contribution in [0.3, 0.4) is 0 Å². The lowest BCUT2D eigenvalue weighted by Crippen LogP contribution is -2.01. The highest BCUT2D eigenvalue weighted by molar-refractivity contribution is 7.90. The summed E-state index contributed by atoms with van der Waals surface area (Å²) in [6.07, 6.45) is 1.11. The first-order chi connectivity index (χ1) is 14.8. The van der Waals surface area contributed by atoms with Crippen molar-refractivity contribution in [3.05, 3.63) is 81.7 Å². The van der Waals surface area contributed by atoms with Gasteiger partial charge in [0, 0.05) is 17.4 Å². The number of thiophene rings is 1. The second-order valence-electron chi connectivity index (χ2n) is 6.51. The van der Waals surface area contributed by atoms with Crippen molar-refractivity contribution in [2.45, 2.75) is 4.90 Å². The number of aromatic nitrogens is 1. The summed E-state index contributed by atoms with van der Waals surface area (Å²) >= 11 is 2.35. The second-order valence-corrected chi connectivity index (χ2v) is 11.3. The molecule has 31 heavy (non-hydrogen) atoms. The Morgan fingerprint density at radius 3 is 2.32 bits per heavy atom. The molecule has 0 saturated heterocycles. The molecule has 0 saturated carbocycles. The zero-order chi connectivity index (χ0) is 22.2. The molecule has 2 heterocycles. The lowest BCUT2D eigenvalue weighted by Gasteiger charge is -2.08. The van der Waals surface area contributed by atoms with Crippen LogP contribution in [-0.4, -0.2) is 32.9 Å². The Balaban J connectivity index is 2.04. The minimum atomic E-state index is -3.57. The molecule has 0 aliphatic heterocycles. The molecule has 0 atom stereocenters. The van der Waals surface area contributed by atoms with E-state index in [1.807, 2.05) is 0 Å². The zero-order valence-corrected chi connectivity index (χ0v) is 19.2. The number of nitrogens with zero attached hydrogens (tertiary/aromatic N) is 1. The Bertz CT molecular complexity index is 1490. The maximum Gasteiger partial charge on any atom is 0.225 e. The van der Waals surface area contributed by atoms with E-state index in [1.165, 1.54) is 41.7 Å². The predicted molar refractivity (Wildman–Crippen MR) is 123 cm³/mol. The van der Waals surface area contributed by atoms with E-state index in [1.54, 1.807) is 35.7 Å². The lowest BCUT2D eigenvalue weighted by molar-refractivity contribution is 0.602. The van der Waals surface area contributed by atoms with Crippen molar-refractivity contribution in [3.63, 3.8) is 0 Å². The van der Waals surface area contributed by atoms with E-state index >= 15 is 0 Å². The third-order valence-electron chi connectivity index (χ3n) is 4.38. The molecule has 0 bridgehead atoms. The largest absolute Gasteiger partial charge is 0.234 e. The number of rotatable bonds is 5. The number of benzene rings is 2. The van der Waals surface area contributed by atoms with Crippen LogP contribution < -0.4 is 0 Å². The van der Waals surface area contributed by atoms with Gasteiger partial charge < -0.3 is 0 Å². The average molecular weight is 492 g/mol. The molecule has 2 aromatic carbocycles. The number of halogens is 1. The van der Waals surface area contributed by atoms with Gasteiger partial charge in [-0.05, 0) is 41.8 Å². The van der Waals surface area contributed by atoms with E-state index in [-0.39, 0.29) is 14.8 Å². The van der Waals surface area contributed by atoms with Gasteiger partial charge in [-0.2, -0.15) is 8.42 Å². The fraction of sp³-hybridized carbons (Fsp3) is 0.0476. The van der Waals surface area contributed by atoms with E-state index in [0.29, 0.717) is 26.6 Å². The fourth-order valence-electron chi connectivity index (χ4n) is 3.05. The summed E-state index contributed by atoms with van der Waals surface area (Å²) in [4.78, 5) is 5.72. The molecule has 4 aromatic rings. The van der Waals surface area contributed by atoms with Gasteiger partial charge in [0.25, 0.3) is 0 Å². The Morgan fingerprint density at radius 2 is 1.71 bits per heavy atom. The first-order valence-corrected chi connectivity index (χ1v) is 13.5. The van der Waals surface area contributed by atoms with Gasteiger partial charge in [-0.1, -0.05) is 24.3 Å². The molecular weight excluding hydrogens is 478 g/mol. The van der Waals surface area contributed by atoms with Gasteiger partial charge in [-0.15, -0.1) is 22.7 Å². The van der Waals surface area contributed by atoms with Crippen molar-refractivity contribution in [2.75, 3.05) is 6.26 Å². The standard InChI is InChI=1S/C21H14FNO4S4/c1-31(26,27)17-7-3-2-5-15(17)19-18(13-8-10-14(22)11-9-13)23-21(29-19)20(30(24)25)16-6-4-12-28-16/h2-12H,1H3. The van der Waals surface area contributed by atoms with E-state index in [2.05, 4.69) is 4.98 Å². The average Bonchev–Trinajstić information content (AvgIpc) is 3.39. The summed E-state index contributed by atoms with van der Waals surface area (Å²) in [6, 6.07) is 15.5. The number of hydrogen-bond donors (Lipinski definition) is 0. The van der Waals surface area contributed by atoms with Crippen LogP contribution in [-0.2, 0) is 20.1 Å². The molecule has 0 aliphatic rings. The summed E-state index contributed by atoms with van der Waals surface area (Å²) in [5.41, 5.74) is 1.34. The monoisotopic (exact) mass is 491 g/mol. The van der Waals surface area contributed by atoms with E-state index in [4.69, 9.17) is 0 Å². The van der Waals surface area contributed by atoms with Crippen molar-refractivity contribution in [3.8, 4) is 21.7 Å². The molecule has 10 heteroatoms. The Hall–Kier alpha value is -2.66. The summed E-state index contributed by atoms with van der Waals surface area (Å²) in [7, 11) is -6.14. The molecule has 4 rings (SSSR count).